The smallest absolute Gasteiger partial charge is 0.124 e. The first-order valence-electron chi connectivity index (χ1n) is 5.92. The van der Waals surface area contributed by atoms with Gasteiger partial charge in [0.25, 0.3) is 0 Å². The molecule has 1 aromatic heterocycles. The van der Waals surface area contributed by atoms with Crippen LogP contribution >= 0.6 is 11.3 Å². The summed E-state index contributed by atoms with van der Waals surface area (Å²) < 4.78 is 5.34. The number of hydrogen-bond acceptors (Lipinski definition) is 3. The van der Waals surface area contributed by atoms with Crippen LogP contribution in [0.1, 0.15) is 32.5 Å². The van der Waals surface area contributed by atoms with Crippen LogP contribution < -0.4 is 4.74 Å². The molecule has 0 saturated carbocycles. The van der Waals surface area contributed by atoms with E-state index < -0.39 is 6.10 Å². The lowest BCUT2D eigenvalue weighted by molar-refractivity contribution is 0.224. The Morgan fingerprint density at radius 1 is 1.11 bits per heavy atom. The maximum absolute atomic E-state index is 10.4. The normalized spacial score (nSPS) is 12.5. The second-order valence-electron chi connectivity index (χ2n) is 4.54. The molecule has 0 saturated heterocycles. The number of methoxy groups -OCH3 is 1. The van der Waals surface area contributed by atoms with Crippen molar-refractivity contribution >= 4 is 11.3 Å². The highest BCUT2D eigenvalue weighted by molar-refractivity contribution is 7.12. The lowest BCUT2D eigenvalue weighted by Gasteiger charge is -2.14. The molecule has 2 rings (SSSR count). The van der Waals surface area contributed by atoms with Gasteiger partial charge in [-0.15, -0.1) is 11.3 Å². The van der Waals surface area contributed by atoms with E-state index in [0.29, 0.717) is 0 Å². The fourth-order valence-electron chi connectivity index (χ4n) is 2.23. The summed E-state index contributed by atoms with van der Waals surface area (Å²) in [5, 5.41) is 10.4. The standard InChI is InChI=1S/C15H18O2S/c1-9-7-12(8-10(2)15(9)17-4)14(16)13-6-5-11(3)18-13/h5-8,14,16H,1-4H3. The Labute approximate surface area is 112 Å². The maximum atomic E-state index is 10.4. The van der Waals surface area contributed by atoms with Crippen molar-refractivity contribution in [3.8, 4) is 5.75 Å². The number of aliphatic hydroxyl groups excluding tert-OH is 1. The Bertz CT molecular complexity index is 534. The van der Waals surface area contributed by atoms with Crippen LogP contribution in [0.3, 0.4) is 0 Å². The molecule has 3 heteroatoms. The maximum Gasteiger partial charge on any atom is 0.124 e. The van der Waals surface area contributed by atoms with Gasteiger partial charge in [0.15, 0.2) is 0 Å². The molecule has 1 aromatic carbocycles. The predicted octanol–water partition coefficient (Wildman–Crippen LogP) is 3.76. The van der Waals surface area contributed by atoms with E-state index in [1.807, 2.05) is 45.0 Å². The predicted molar refractivity (Wildman–Crippen MR) is 75.6 cm³/mol. The van der Waals surface area contributed by atoms with Gasteiger partial charge in [-0.05, 0) is 61.7 Å². The van der Waals surface area contributed by atoms with Crippen molar-refractivity contribution < 1.29 is 9.84 Å². The van der Waals surface area contributed by atoms with E-state index in [9.17, 15) is 5.11 Å². The molecule has 0 aliphatic rings. The van der Waals surface area contributed by atoms with Gasteiger partial charge in [-0.3, -0.25) is 0 Å². The molecule has 1 N–H and O–H groups in total. The summed E-state index contributed by atoms with van der Waals surface area (Å²) >= 11 is 1.63. The summed E-state index contributed by atoms with van der Waals surface area (Å²) in [6, 6.07) is 8.00. The topological polar surface area (TPSA) is 29.5 Å². The molecule has 18 heavy (non-hydrogen) atoms. The van der Waals surface area contributed by atoms with Gasteiger partial charge in [-0.25, -0.2) is 0 Å². The SMILES string of the molecule is COc1c(C)cc(C(O)c2ccc(C)s2)cc1C. The minimum atomic E-state index is -0.549. The molecular formula is C15H18O2S. The van der Waals surface area contributed by atoms with Crippen LogP contribution in [0.25, 0.3) is 0 Å². The number of benzene rings is 1. The Balaban J connectivity index is 2.40. The Morgan fingerprint density at radius 2 is 1.72 bits per heavy atom. The van der Waals surface area contributed by atoms with Crippen LogP contribution in [0.4, 0.5) is 0 Å². The largest absolute Gasteiger partial charge is 0.496 e. The monoisotopic (exact) mass is 262 g/mol. The van der Waals surface area contributed by atoms with Crippen molar-refractivity contribution in [1.29, 1.82) is 0 Å². The number of hydrogen-bond donors (Lipinski definition) is 1. The van der Waals surface area contributed by atoms with Gasteiger partial charge in [0.2, 0.25) is 0 Å². The fourth-order valence-corrected chi connectivity index (χ4v) is 3.12. The lowest BCUT2D eigenvalue weighted by atomic mass is 10.0. The van der Waals surface area contributed by atoms with Gasteiger partial charge in [-0.1, -0.05) is 0 Å². The lowest BCUT2D eigenvalue weighted by Crippen LogP contribution is -2.00. The van der Waals surface area contributed by atoms with Crippen molar-refractivity contribution in [2.75, 3.05) is 7.11 Å². The minimum absolute atomic E-state index is 0.549. The van der Waals surface area contributed by atoms with Gasteiger partial charge < -0.3 is 9.84 Å². The number of rotatable bonds is 3. The van der Waals surface area contributed by atoms with Crippen LogP contribution in [0.2, 0.25) is 0 Å². The van der Waals surface area contributed by atoms with E-state index in [4.69, 9.17) is 4.74 Å². The average molecular weight is 262 g/mol. The van der Waals surface area contributed by atoms with Crippen molar-refractivity contribution in [2.45, 2.75) is 26.9 Å². The molecule has 0 radical (unpaired) electrons. The van der Waals surface area contributed by atoms with E-state index in [2.05, 4.69) is 0 Å². The molecule has 0 bridgehead atoms. The molecular weight excluding hydrogens is 244 g/mol. The summed E-state index contributed by atoms with van der Waals surface area (Å²) in [5.74, 6) is 0.897. The zero-order valence-electron chi connectivity index (χ0n) is 11.2. The van der Waals surface area contributed by atoms with Crippen molar-refractivity contribution in [2.24, 2.45) is 0 Å². The Morgan fingerprint density at radius 3 is 2.17 bits per heavy atom. The summed E-state index contributed by atoms with van der Waals surface area (Å²) in [6.45, 7) is 6.05. The van der Waals surface area contributed by atoms with Crippen LogP contribution in [0.5, 0.6) is 5.75 Å². The number of ether oxygens (including phenoxy) is 1. The number of aryl methyl sites for hydroxylation is 3. The van der Waals surface area contributed by atoms with Crippen LogP contribution in [0, 0.1) is 20.8 Å². The quantitative estimate of drug-likeness (QED) is 0.912. The summed E-state index contributed by atoms with van der Waals surface area (Å²) in [7, 11) is 1.67. The van der Waals surface area contributed by atoms with E-state index in [1.54, 1.807) is 18.4 Å². The van der Waals surface area contributed by atoms with Crippen LogP contribution in [0.15, 0.2) is 24.3 Å². The van der Waals surface area contributed by atoms with Gasteiger partial charge in [0.1, 0.15) is 11.9 Å². The summed E-state index contributed by atoms with van der Waals surface area (Å²) in [5.41, 5.74) is 3.03. The molecule has 0 fully saturated rings. The number of aliphatic hydroxyl groups is 1. The van der Waals surface area contributed by atoms with E-state index >= 15 is 0 Å². The first-order chi connectivity index (χ1) is 8.52. The highest BCUT2D eigenvalue weighted by atomic mass is 32.1. The second-order valence-corrected chi connectivity index (χ2v) is 5.86. The molecule has 2 nitrogen and oxygen atoms in total. The van der Waals surface area contributed by atoms with Crippen molar-refractivity contribution in [3.63, 3.8) is 0 Å². The first-order valence-corrected chi connectivity index (χ1v) is 6.74. The van der Waals surface area contributed by atoms with Gasteiger partial charge >= 0.3 is 0 Å². The zero-order valence-corrected chi connectivity index (χ0v) is 12.0. The first kappa shape index (κ1) is 13.1. The molecule has 0 aliphatic heterocycles. The summed E-state index contributed by atoms with van der Waals surface area (Å²) in [4.78, 5) is 2.20. The molecule has 1 atom stereocenters. The van der Waals surface area contributed by atoms with E-state index in [1.165, 1.54) is 4.88 Å². The van der Waals surface area contributed by atoms with Crippen molar-refractivity contribution in [3.05, 3.63) is 50.7 Å². The molecule has 0 spiro atoms. The van der Waals surface area contributed by atoms with Crippen molar-refractivity contribution in [1.82, 2.24) is 0 Å². The highest BCUT2D eigenvalue weighted by Gasteiger charge is 2.15. The second kappa shape index (κ2) is 5.12. The third kappa shape index (κ3) is 2.42. The Kier molecular flexibility index (Phi) is 3.73. The fraction of sp³-hybridized carbons (Fsp3) is 0.333. The van der Waals surface area contributed by atoms with Crippen LogP contribution in [-0.2, 0) is 0 Å². The average Bonchev–Trinajstić information content (AvgIpc) is 2.74. The molecule has 2 aromatic rings. The molecule has 0 aliphatic carbocycles. The highest BCUT2D eigenvalue weighted by Crippen LogP contribution is 2.32. The molecule has 96 valence electrons. The number of thiophene rings is 1. The molecule has 0 amide bonds. The molecule has 1 unspecified atom stereocenters. The Hall–Kier alpha value is -1.32. The molecule has 1 heterocycles. The van der Waals surface area contributed by atoms with Crippen LogP contribution in [-0.4, -0.2) is 12.2 Å². The van der Waals surface area contributed by atoms with E-state index in [0.717, 1.165) is 27.3 Å². The summed E-state index contributed by atoms with van der Waals surface area (Å²) in [6.07, 6.45) is -0.549. The third-order valence-corrected chi connectivity index (χ3v) is 4.09. The third-order valence-electron chi connectivity index (χ3n) is 3.03. The minimum Gasteiger partial charge on any atom is -0.496 e. The van der Waals surface area contributed by atoms with Gasteiger partial charge in [0, 0.05) is 9.75 Å². The zero-order chi connectivity index (χ0) is 13.3. The van der Waals surface area contributed by atoms with Gasteiger partial charge in [0.05, 0.1) is 7.11 Å². The van der Waals surface area contributed by atoms with E-state index in [-0.39, 0.29) is 0 Å². The van der Waals surface area contributed by atoms with Gasteiger partial charge in [-0.2, -0.15) is 0 Å².